The molecule has 1 N–H and O–H groups in total. The van der Waals surface area contributed by atoms with E-state index in [1.165, 1.54) is 6.42 Å². The predicted octanol–water partition coefficient (Wildman–Crippen LogP) is 0.552. The van der Waals surface area contributed by atoms with Gasteiger partial charge in [0.25, 0.3) is 0 Å². The highest BCUT2D eigenvalue weighted by molar-refractivity contribution is 4.80. The van der Waals surface area contributed by atoms with Gasteiger partial charge in [-0.3, -0.25) is 4.84 Å². The van der Waals surface area contributed by atoms with Crippen molar-refractivity contribution in [3.8, 4) is 0 Å². The summed E-state index contributed by atoms with van der Waals surface area (Å²) >= 11 is 0. The van der Waals surface area contributed by atoms with Crippen molar-refractivity contribution in [2.75, 3.05) is 20.3 Å². The standard InChI is InChI=1S/C10H19NO3/c1-13-10-4-2-3-8(5-10)11-6-9(12)7-14-11/h8-10,12H,2-7H2,1H3/t8?,9-,10?/m1/s1. The van der Waals surface area contributed by atoms with Gasteiger partial charge in [-0.05, 0) is 25.7 Å². The van der Waals surface area contributed by atoms with E-state index in [0.717, 1.165) is 19.3 Å². The number of hydroxylamine groups is 2. The van der Waals surface area contributed by atoms with Crippen molar-refractivity contribution >= 4 is 0 Å². The van der Waals surface area contributed by atoms with Crippen LogP contribution in [0.2, 0.25) is 0 Å². The second kappa shape index (κ2) is 4.57. The molecule has 4 heteroatoms. The summed E-state index contributed by atoms with van der Waals surface area (Å²) in [7, 11) is 1.77. The maximum Gasteiger partial charge on any atom is 0.0958 e. The Bertz CT molecular complexity index is 188. The van der Waals surface area contributed by atoms with Crippen LogP contribution in [0.1, 0.15) is 25.7 Å². The summed E-state index contributed by atoms with van der Waals surface area (Å²) in [6.07, 6.45) is 4.60. The second-order valence-corrected chi connectivity index (χ2v) is 4.23. The molecule has 0 aromatic carbocycles. The zero-order valence-electron chi connectivity index (χ0n) is 8.69. The first-order chi connectivity index (χ1) is 6.79. The predicted molar refractivity (Wildman–Crippen MR) is 51.7 cm³/mol. The maximum atomic E-state index is 9.36. The third-order valence-corrected chi connectivity index (χ3v) is 3.16. The number of β-amino-alcohol motifs (C(OH)–C–C–N with tert-alkyl or cyclic N) is 1. The van der Waals surface area contributed by atoms with Gasteiger partial charge < -0.3 is 9.84 Å². The third-order valence-electron chi connectivity index (χ3n) is 3.16. The van der Waals surface area contributed by atoms with E-state index < -0.39 is 0 Å². The summed E-state index contributed by atoms with van der Waals surface area (Å²) in [6, 6.07) is 0.436. The first-order valence-corrected chi connectivity index (χ1v) is 5.40. The van der Waals surface area contributed by atoms with Crippen molar-refractivity contribution in [3.63, 3.8) is 0 Å². The van der Waals surface area contributed by atoms with Gasteiger partial charge in [0, 0.05) is 13.2 Å². The van der Waals surface area contributed by atoms with E-state index in [-0.39, 0.29) is 6.10 Å². The van der Waals surface area contributed by atoms with Gasteiger partial charge in [-0.2, -0.15) is 5.06 Å². The van der Waals surface area contributed by atoms with Crippen LogP contribution in [0.15, 0.2) is 0 Å². The van der Waals surface area contributed by atoms with Crippen molar-refractivity contribution in [3.05, 3.63) is 0 Å². The quantitative estimate of drug-likeness (QED) is 0.708. The summed E-state index contributed by atoms with van der Waals surface area (Å²) in [5, 5.41) is 11.3. The molecule has 0 bridgehead atoms. The Morgan fingerprint density at radius 2 is 2.29 bits per heavy atom. The van der Waals surface area contributed by atoms with Crippen LogP contribution >= 0.6 is 0 Å². The first kappa shape index (κ1) is 10.4. The minimum Gasteiger partial charge on any atom is -0.389 e. The van der Waals surface area contributed by atoms with E-state index >= 15 is 0 Å². The topological polar surface area (TPSA) is 41.9 Å². The minimum atomic E-state index is -0.307. The number of hydrogen-bond donors (Lipinski definition) is 1. The Balaban J connectivity index is 1.84. The fraction of sp³-hybridized carbons (Fsp3) is 1.00. The van der Waals surface area contributed by atoms with Gasteiger partial charge in [-0.25, -0.2) is 0 Å². The summed E-state index contributed by atoms with van der Waals surface area (Å²) in [6.45, 7) is 1.11. The van der Waals surface area contributed by atoms with Crippen LogP contribution in [0.25, 0.3) is 0 Å². The third kappa shape index (κ3) is 2.25. The average Bonchev–Trinajstić information content (AvgIpc) is 2.65. The monoisotopic (exact) mass is 201 g/mol. The summed E-state index contributed by atoms with van der Waals surface area (Å²) in [5.41, 5.74) is 0. The molecule has 4 nitrogen and oxygen atoms in total. The normalized spacial score (nSPS) is 40.3. The van der Waals surface area contributed by atoms with Gasteiger partial charge in [-0.15, -0.1) is 0 Å². The highest BCUT2D eigenvalue weighted by atomic mass is 16.7. The zero-order chi connectivity index (χ0) is 9.97. The molecule has 1 aliphatic carbocycles. The molecule has 0 radical (unpaired) electrons. The Kier molecular flexibility index (Phi) is 3.38. The van der Waals surface area contributed by atoms with Crippen LogP contribution in [0.4, 0.5) is 0 Å². The van der Waals surface area contributed by atoms with E-state index in [4.69, 9.17) is 9.57 Å². The van der Waals surface area contributed by atoms with Crippen molar-refractivity contribution in [2.24, 2.45) is 0 Å². The number of rotatable bonds is 2. The van der Waals surface area contributed by atoms with Gasteiger partial charge in [0.2, 0.25) is 0 Å². The van der Waals surface area contributed by atoms with Gasteiger partial charge in [0.1, 0.15) is 0 Å². The van der Waals surface area contributed by atoms with Crippen LogP contribution in [0, 0.1) is 0 Å². The highest BCUT2D eigenvalue weighted by Gasteiger charge is 2.32. The fourth-order valence-corrected chi connectivity index (χ4v) is 2.35. The van der Waals surface area contributed by atoms with Crippen LogP contribution in [-0.2, 0) is 9.57 Å². The van der Waals surface area contributed by atoms with Crippen molar-refractivity contribution in [2.45, 2.75) is 43.9 Å². The average molecular weight is 201 g/mol. The highest BCUT2D eigenvalue weighted by Crippen LogP contribution is 2.26. The largest absolute Gasteiger partial charge is 0.389 e. The molecule has 2 unspecified atom stereocenters. The van der Waals surface area contributed by atoms with Gasteiger partial charge >= 0.3 is 0 Å². The van der Waals surface area contributed by atoms with Crippen LogP contribution < -0.4 is 0 Å². The lowest BCUT2D eigenvalue weighted by Gasteiger charge is -2.33. The molecular formula is C10H19NO3. The van der Waals surface area contributed by atoms with Crippen molar-refractivity contribution in [1.29, 1.82) is 0 Å². The Morgan fingerprint density at radius 3 is 2.93 bits per heavy atom. The molecule has 1 saturated carbocycles. The minimum absolute atomic E-state index is 0.307. The number of nitrogens with zero attached hydrogens (tertiary/aromatic N) is 1. The van der Waals surface area contributed by atoms with Crippen LogP contribution in [0.3, 0.4) is 0 Å². The fourth-order valence-electron chi connectivity index (χ4n) is 2.35. The summed E-state index contributed by atoms with van der Waals surface area (Å²) in [4.78, 5) is 5.43. The lowest BCUT2D eigenvalue weighted by atomic mass is 9.92. The first-order valence-electron chi connectivity index (χ1n) is 5.40. The molecule has 0 spiro atoms. The van der Waals surface area contributed by atoms with E-state index in [9.17, 15) is 5.11 Å². The van der Waals surface area contributed by atoms with Gasteiger partial charge in [0.05, 0.1) is 25.4 Å². The molecule has 0 aromatic rings. The smallest absolute Gasteiger partial charge is 0.0958 e. The molecule has 3 atom stereocenters. The second-order valence-electron chi connectivity index (χ2n) is 4.23. The lowest BCUT2D eigenvalue weighted by molar-refractivity contribution is -0.157. The van der Waals surface area contributed by atoms with Crippen molar-refractivity contribution in [1.82, 2.24) is 5.06 Å². The van der Waals surface area contributed by atoms with Gasteiger partial charge in [0.15, 0.2) is 0 Å². The summed E-state index contributed by atoms with van der Waals surface area (Å²) < 4.78 is 5.36. The van der Waals surface area contributed by atoms with Crippen LogP contribution in [0.5, 0.6) is 0 Å². The molecule has 0 aromatic heterocycles. The number of ether oxygens (including phenoxy) is 1. The Labute approximate surface area is 84.7 Å². The molecule has 1 saturated heterocycles. The Hall–Kier alpha value is -0.160. The number of methoxy groups -OCH3 is 1. The zero-order valence-corrected chi connectivity index (χ0v) is 8.69. The van der Waals surface area contributed by atoms with Gasteiger partial charge in [-0.1, -0.05) is 0 Å². The van der Waals surface area contributed by atoms with E-state index in [0.29, 0.717) is 25.3 Å². The molecule has 2 fully saturated rings. The number of aliphatic hydroxyl groups is 1. The molecule has 2 rings (SSSR count). The molecule has 2 aliphatic rings. The van der Waals surface area contributed by atoms with E-state index in [1.54, 1.807) is 7.11 Å². The lowest BCUT2D eigenvalue weighted by Crippen LogP contribution is -2.39. The van der Waals surface area contributed by atoms with E-state index in [2.05, 4.69) is 0 Å². The number of hydrogen-bond acceptors (Lipinski definition) is 4. The van der Waals surface area contributed by atoms with Crippen LogP contribution in [-0.4, -0.2) is 48.7 Å². The number of aliphatic hydroxyl groups excluding tert-OH is 1. The molecule has 1 heterocycles. The summed E-state index contributed by atoms with van der Waals surface area (Å²) in [5.74, 6) is 0. The van der Waals surface area contributed by atoms with E-state index in [1.807, 2.05) is 5.06 Å². The molecular weight excluding hydrogens is 182 g/mol. The Morgan fingerprint density at radius 1 is 1.43 bits per heavy atom. The SMILES string of the molecule is COC1CCCC(N2C[C@@H](O)CO2)C1. The maximum absolute atomic E-state index is 9.36. The molecule has 1 aliphatic heterocycles. The molecule has 0 amide bonds. The molecule has 14 heavy (non-hydrogen) atoms. The van der Waals surface area contributed by atoms with Crippen molar-refractivity contribution < 1.29 is 14.7 Å². The molecule has 82 valence electrons.